The number of thiazole rings is 1. The lowest BCUT2D eigenvalue weighted by molar-refractivity contribution is -0.0277. The zero-order valence-corrected chi connectivity index (χ0v) is 13.5. The topological polar surface area (TPSA) is 62.7 Å². The van der Waals surface area contributed by atoms with Crippen molar-refractivity contribution in [1.29, 1.82) is 0 Å². The van der Waals surface area contributed by atoms with Crippen molar-refractivity contribution in [2.24, 2.45) is 0 Å². The lowest BCUT2D eigenvalue weighted by Gasteiger charge is -2.38. The molecule has 2 heterocycles. The Morgan fingerprint density at radius 2 is 2.10 bits per heavy atom. The zero-order chi connectivity index (χ0) is 15.1. The highest BCUT2D eigenvalue weighted by Gasteiger charge is 2.32. The first-order chi connectivity index (χ1) is 9.10. The van der Waals surface area contributed by atoms with Crippen LogP contribution in [0.25, 0.3) is 0 Å². The molecular formula is C14H22N2O3S. The van der Waals surface area contributed by atoms with Gasteiger partial charge in [-0.1, -0.05) is 32.1 Å². The minimum atomic E-state index is -0.897. The standard InChI is InChI=1S/C14H22N2O3S/c1-13(2,3)10-9(11(17)18)20-12(15-10)16-6-7-19-14(4,5)8-16/h6-8H2,1-5H3,(H,17,18). The zero-order valence-electron chi connectivity index (χ0n) is 12.7. The van der Waals surface area contributed by atoms with Crippen molar-refractivity contribution in [3.05, 3.63) is 10.6 Å². The Bertz CT molecular complexity index is 517. The van der Waals surface area contributed by atoms with Gasteiger partial charge in [-0.2, -0.15) is 0 Å². The van der Waals surface area contributed by atoms with Crippen molar-refractivity contribution < 1.29 is 14.6 Å². The summed E-state index contributed by atoms with van der Waals surface area (Å²) in [7, 11) is 0. The molecule has 0 radical (unpaired) electrons. The highest BCUT2D eigenvalue weighted by atomic mass is 32.1. The summed E-state index contributed by atoms with van der Waals surface area (Å²) < 4.78 is 5.69. The molecule has 6 heteroatoms. The van der Waals surface area contributed by atoms with Crippen LogP contribution in [0.15, 0.2) is 0 Å². The van der Waals surface area contributed by atoms with Crippen LogP contribution in [0.3, 0.4) is 0 Å². The Labute approximate surface area is 123 Å². The van der Waals surface area contributed by atoms with Crippen molar-refractivity contribution in [2.75, 3.05) is 24.6 Å². The molecule has 0 amide bonds. The Morgan fingerprint density at radius 1 is 1.45 bits per heavy atom. The second-order valence-electron chi connectivity index (χ2n) is 6.76. The molecule has 1 fully saturated rings. The number of carboxylic acids is 1. The van der Waals surface area contributed by atoms with Gasteiger partial charge in [0.1, 0.15) is 4.88 Å². The molecule has 1 aromatic rings. The van der Waals surface area contributed by atoms with Gasteiger partial charge in [-0.05, 0) is 13.8 Å². The van der Waals surface area contributed by atoms with Gasteiger partial charge in [0.25, 0.3) is 0 Å². The normalized spacial score (nSPS) is 19.1. The molecule has 0 spiro atoms. The second-order valence-corrected chi connectivity index (χ2v) is 7.74. The third-order valence-corrected chi connectivity index (χ3v) is 4.32. The van der Waals surface area contributed by atoms with Gasteiger partial charge in [-0.3, -0.25) is 0 Å². The fraction of sp³-hybridized carbons (Fsp3) is 0.714. The third-order valence-electron chi connectivity index (χ3n) is 3.22. The third kappa shape index (κ3) is 3.12. The van der Waals surface area contributed by atoms with E-state index in [1.807, 2.05) is 34.6 Å². The highest BCUT2D eigenvalue weighted by molar-refractivity contribution is 7.17. The number of carboxylic acid groups (broad SMARTS) is 1. The van der Waals surface area contributed by atoms with Gasteiger partial charge in [0.2, 0.25) is 0 Å². The van der Waals surface area contributed by atoms with E-state index in [1.54, 1.807) is 0 Å². The molecule has 0 unspecified atom stereocenters. The maximum atomic E-state index is 11.4. The second kappa shape index (κ2) is 5.00. The van der Waals surface area contributed by atoms with Gasteiger partial charge in [-0.15, -0.1) is 0 Å². The molecule has 5 nitrogen and oxygen atoms in total. The molecule has 112 valence electrons. The number of hydrogen-bond acceptors (Lipinski definition) is 5. The summed E-state index contributed by atoms with van der Waals surface area (Å²) in [6.45, 7) is 12.2. The number of morpholine rings is 1. The number of anilines is 1. The molecule has 0 atom stereocenters. The van der Waals surface area contributed by atoms with Crippen LogP contribution in [-0.2, 0) is 10.2 Å². The van der Waals surface area contributed by atoms with Crippen molar-refractivity contribution in [3.8, 4) is 0 Å². The summed E-state index contributed by atoms with van der Waals surface area (Å²) in [5.41, 5.74) is 0.161. The van der Waals surface area contributed by atoms with E-state index in [0.29, 0.717) is 17.2 Å². The summed E-state index contributed by atoms with van der Waals surface area (Å²) in [6.07, 6.45) is 0. The van der Waals surface area contributed by atoms with Gasteiger partial charge < -0.3 is 14.7 Å². The Kier molecular flexibility index (Phi) is 3.81. The predicted octanol–water partition coefficient (Wildman–Crippen LogP) is 2.75. The molecule has 2 rings (SSSR count). The van der Waals surface area contributed by atoms with E-state index < -0.39 is 5.97 Å². The first kappa shape index (κ1) is 15.3. The van der Waals surface area contributed by atoms with Crippen LogP contribution >= 0.6 is 11.3 Å². The first-order valence-electron chi connectivity index (χ1n) is 6.74. The molecule has 1 saturated heterocycles. The van der Waals surface area contributed by atoms with E-state index in [4.69, 9.17) is 4.74 Å². The first-order valence-corrected chi connectivity index (χ1v) is 7.55. The lowest BCUT2D eigenvalue weighted by Crippen LogP contribution is -2.48. The monoisotopic (exact) mass is 298 g/mol. The number of aromatic nitrogens is 1. The van der Waals surface area contributed by atoms with Crippen LogP contribution in [-0.4, -0.2) is 41.4 Å². The van der Waals surface area contributed by atoms with Crippen LogP contribution in [0.4, 0.5) is 5.13 Å². The molecule has 1 N–H and O–H groups in total. The largest absolute Gasteiger partial charge is 0.477 e. The summed E-state index contributed by atoms with van der Waals surface area (Å²) in [6, 6.07) is 0. The van der Waals surface area contributed by atoms with Gasteiger partial charge >= 0.3 is 5.97 Å². The number of hydrogen-bond donors (Lipinski definition) is 1. The van der Waals surface area contributed by atoms with Crippen LogP contribution < -0.4 is 4.90 Å². The molecule has 20 heavy (non-hydrogen) atoms. The highest BCUT2D eigenvalue weighted by Crippen LogP contribution is 2.35. The quantitative estimate of drug-likeness (QED) is 0.909. The Balaban J connectivity index is 2.36. The van der Waals surface area contributed by atoms with Gasteiger partial charge in [-0.25, -0.2) is 9.78 Å². The van der Waals surface area contributed by atoms with Crippen LogP contribution in [0.5, 0.6) is 0 Å². The Morgan fingerprint density at radius 3 is 2.55 bits per heavy atom. The van der Waals surface area contributed by atoms with E-state index in [0.717, 1.165) is 18.2 Å². The number of nitrogens with zero attached hydrogens (tertiary/aromatic N) is 2. The van der Waals surface area contributed by atoms with Crippen molar-refractivity contribution in [3.63, 3.8) is 0 Å². The summed E-state index contributed by atoms with van der Waals surface area (Å²) in [4.78, 5) is 18.5. The minimum Gasteiger partial charge on any atom is -0.477 e. The van der Waals surface area contributed by atoms with Crippen LogP contribution in [0.2, 0.25) is 0 Å². The van der Waals surface area contributed by atoms with Crippen molar-refractivity contribution in [2.45, 2.75) is 45.6 Å². The van der Waals surface area contributed by atoms with Gasteiger partial charge in [0, 0.05) is 18.5 Å². The number of ether oxygens (including phenoxy) is 1. The molecule has 0 bridgehead atoms. The van der Waals surface area contributed by atoms with E-state index in [1.165, 1.54) is 11.3 Å². The number of aromatic carboxylic acids is 1. The molecule has 1 aromatic heterocycles. The molecule has 0 saturated carbocycles. The van der Waals surface area contributed by atoms with Crippen LogP contribution in [0, 0.1) is 0 Å². The number of rotatable bonds is 2. The van der Waals surface area contributed by atoms with E-state index in [2.05, 4.69) is 9.88 Å². The van der Waals surface area contributed by atoms with E-state index in [-0.39, 0.29) is 11.0 Å². The minimum absolute atomic E-state index is 0.227. The summed E-state index contributed by atoms with van der Waals surface area (Å²) in [5.74, 6) is -0.897. The molecule has 0 aliphatic carbocycles. The van der Waals surface area contributed by atoms with Gasteiger partial charge in [0.15, 0.2) is 5.13 Å². The predicted molar refractivity (Wildman–Crippen MR) is 80.0 cm³/mol. The molecular weight excluding hydrogens is 276 g/mol. The smallest absolute Gasteiger partial charge is 0.347 e. The SMILES string of the molecule is CC1(C)CN(c2nc(C(C)(C)C)c(C(=O)O)s2)CCO1. The number of carbonyl (C=O) groups is 1. The average Bonchev–Trinajstić information content (AvgIpc) is 2.71. The summed E-state index contributed by atoms with van der Waals surface area (Å²) in [5, 5.41) is 10.2. The Hall–Kier alpha value is -1.14. The fourth-order valence-electron chi connectivity index (χ4n) is 2.28. The van der Waals surface area contributed by atoms with E-state index in [9.17, 15) is 9.90 Å². The lowest BCUT2D eigenvalue weighted by atomic mass is 9.91. The fourth-order valence-corrected chi connectivity index (χ4v) is 3.42. The van der Waals surface area contributed by atoms with Crippen molar-refractivity contribution in [1.82, 2.24) is 4.98 Å². The van der Waals surface area contributed by atoms with Gasteiger partial charge in [0.05, 0.1) is 17.9 Å². The van der Waals surface area contributed by atoms with Crippen LogP contribution in [0.1, 0.15) is 50.0 Å². The molecule has 1 aliphatic rings. The van der Waals surface area contributed by atoms with Crippen molar-refractivity contribution >= 4 is 22.4 Å². The maximum absolute atomic E-state index is 11.4. The maximum Gasteiger partial charge on any atom is 0.347 e. The van der Waals surface area contributed by atoms with E-state index >= 15 is 0 Å². The molecule has 1 aliphatic heterocycles. The summed E-state index contributed by atoms with van der Waals surface area (Å²) >= 11 is 1.26. The average molecular weight is 298 g/mol. The molecule has 0 aromatic carbocycles.